The molecule has 0 radical (unpaired) electrons. The van der Waals surface area contributed by atoms with E-state index in [4.69, 9.17) is 14.4 Å². The summed E-state index contributed by atoms with van der Waals surface area (Å²) in [5.74, 6) is 0. The molecule has 0 aliphatic heterocycles. The Balaban J connectivity index is 3.57. The molecule has 0 heterocycles. The Hall–Kier alpha value is 0.0700. The molecule has 0 aliphatic carbocycles. The van der Waals surface area contributed by atoms with Gasteiger partial charge in [0.1, 0.15) is 0 Å². The lowest BCUT2D eigenvalue weighted by molar-refractivity contribution is 0.0758. The third-order valence-corrected chi connectivity index (χ3v) is 5.22. The molecule has 0 amide bonds. The number of aliphatic hydroxyl groups is 1. The summed E-state index contributed by atoms with van der Waals surface area (Å²) >= 11 is 0. The van der Waals surface area contributed by atoms with Crippen LogP contribution in [-0.2, 0) is 13.8 Å². The molecule has 0 aromatic rings. The average molecular weight is 381 g/mol. The maximum atomic E-state index is 11.3. The number of rotatable bonds is 16. The van der Waals surface area contributed by atoms with Crippen LogP contribution in [0, 0.1) is 5.41 Å². The summed E-state index contributed by atoms with van der Waals surface area (Å²) in [5, 5.41) is 8.84. The van der Waals surface area contributed by atoms with E-state index >= 15 is 0 Å². The Bertz CT molecular complexity index is 376. The second-order valence-electron chi connectivity index (χ2n) is 8.53. The number of aliphatic hydroxyl groups excluding tert-OH is 1. The first-order chi connectivity index (χ1) is 11.5. The van der Waals surface area contributed by atoms with Gasteiger partial charge in [-0.3, -0.25) is 4.57 Å². The predicted molar refractivity (Wildman–Crippen MR) is 104 cm³/mol. The largest absolute Gasteiger partial charge is 0.396 e. The van der Waals surface area contributed by atoms with Gasteiger partial charge >= 0.3 is 7.60 Å². The molecule has 5 nitrogen and oxygen atoms in total. The van der Waals surface area contributed by atoms with Crippen molar-refractivity contribution in [2.75, 3.05) is 26.5 Å². The normalized spacial score (nSPS) is 15.3. The molecule has 0 aromatic heterocycles. The van der Waals surface area contributed by atoms with Crippen molar-refractivity contribution in [2.24, 2.45) is 5.41 Å². The Kier molecular flexibility index (Phi) is 12.5. The van der Waals surface area contributed by atoms with Gasteiger partial charge in [0.2, 0.25) is 0 Å². The first-order valence-electron chi connectivity index (χ1n) is 9.67. The average Bonchev–Trinajstić information content (AvgIpc) is 2.43. The number of hydrogen-bond acceptors (Lipinski definition) is 4. The molecule has 25 heavy (non-hydrogen) atoms. The second-order valence-corrected chi connectivity index (χ2v) is 10.3. The minimum absolute atomic E-state index is 0.297. The molecule has 0 saturated carbocycles. The number of unbranched alkanes of at least 4 members (excludes halogenated alkanes) is 3. The maximum Gasteiger partial charge on any atom is 0.325 e. The SMILES string of the molecule is CC(C)(CCCCO)CCCCOCCCCC(C)(C)OP(C)(=O)O. The maximum absolute atomic E-state index is 11.3. The molecule has 6 heteroatoms. The Morgan fingerprint density at radius 2 is 1.32 bits per heavy atom. The topological polar surface area (TPSA) is 76.0 Å². The van der Waals surface area contributed by atoms with Gasteiger partial charge in [-0.15, -0.1) is 0 Å². The van der Waals surface area contributed by atoms with Crippen LogP contribution in [0.25, 0.3) is 0 Å². The summed E-state index contributed by atoms with van der Waals surface area (Å²) in [6.45, 7) is 11.4. The lowest BCUT2D eigenvalue weighted by Gasteiger charge is -2.26. The fourth-order valence-corrected chi connectivity index (χ4v) is 4.02. The van der Waals surface area contributed by atoms with Crippen LogP contribution < -0.4 is 0 Å². The molecule has 0 rings (SSSR count). The molecule has 0 aromatic carbocycles. The van der Waals surface area contributed by atoms with E-state index in [0.717, 1.165) is 51.7 Å². The Morgan fingerprint density at radius 1 is 0.840 bits per heavy atom. The van der Waals surface area contributed by atoms with E-state index in [-0.39, 0.29) is 0 Å². The van der Waals surface area contributed by atoms with Gasteiger partial charge in [0.15, 0.2) is 0 Å². The monoisotopic (exact) mass is 380 g/mol. The van der Waals surface area contributed by atoms with Gasteiger partial charge in [0.25, 0.3) is 0 Å². The third kappa shape index (κ3) is 17.3. The van der Waals surface area contributed by atoms with E-state index in [1.807, 2.05) is 13.8 Å². The molecule has 152 valence electrons. The molecule has 0 spiro atoms. The van der Waals surface area contributed by atoms with E-state index < -0.39 is 13.2 Å². The smallest absolute Gasteiger partial charge is 0.325 e. The minimum Gasteiger partial charge on any atom is -0.396 e. The highest BCUT2D eigenvalue weighted by atomic mass is 31.2. The van der Waals surface area contributed by atoms with Crippen molar-refractivity contribution in [3.8, 4) is 0 Å². The first-order valence-corrected chi connectivity index (χ1v) is 11.7. The van der Waals surface area contributed by atoms with Crippen molar-refractivity contribution in [2.45, 2.75) is 91.1 Å². The quantitative estimate of drug-likeness (QED) is 0.286. The predicted octanol–water partition coefficient (Wildman–Crippen LogP) is 5.14. The molecule has 2 N–H and O–H groups in total. The van der Waals surface area contributed by atoms with Gasteiger partial charge in [0.05, 0.1) is 5.60 Å². The summed E-state index contributed by atoms with van der Waals surface area (Å²) in [7, 11) is -3.43. The standard InChI is InChI=1S/C19H41O5P/c1-18(2,12-6-9-15-20)13-7-10-16-23-17-11-8-14-19(3,4)24-25(5,21)22/h20H,6-17H2,1-5H3,(H,21,22). The van der Waals surface area contributed by atoms with Crippen LogP contribution in [0.15, 0.2) is 0 Å². The van der Waals surface area contributed by atoms with E-state index in [0.29, 0.717) is 12.0 Å². The van der Waals surface area contributed by atoms with Crippen LogP contribution in [0.2, 0.25) is 0 Å². The fraction of sp³-hybridized carbons (Fsp3) is 1.00. The van der Waals surface area contributed by atoms with Gasteiger partial charge < -0.3 is 19.3 Å². The summed E-state index contributed by atoms with van der Waals surface area (Å²) < 4.78 is 22.2. The lowest BCUT2D eigenvalue weighted by atomic mass is 9.82. The van der Waals surface area contributed by atoms with Crippen molar-refractivity contribution in [3.05, 3.63) is 0 Å². The molecular weight excluding hydrogens is 339 g/mol. The second kappa shape index (κ2) is 12.5. The zero-order chi connectivity index (χ0) is 19.4. The highest BCUT2D eigenvalue weighted by Gasteiger charge is 2.26. The minimum atomic E-state index is -3.43. The van der Waals surface area contributed by atoms with Crippen LogP contribution in [0.5, 0.6) is 0 Å². The van der Waals surface area contributed by atoms with E-state index in [1.54, 1.807) is 0 Å². The van der Waals surface area contributed by atoms with Gasteiger partial charge in [-0.05, 0) is 64.2 Å². The molecule has 0 bridgehead atoms. The zero-order valence-electron chi connectivity index (χ0n) is 17.1. The van der Waals surface area contributed by atoms with Crippen LogP contribution in [0.3, 0.4) is 0 Å². The van der Waals surface area contributed by atoms with Crippen LogP contribution in [0.1, 0.15) is 85.5 Å². The third-order valence-electron chi connectivity index (χ3n) is 4.39. The molecular formula is C19H41O5P. The highest BCUT2D eigenvalue weighted by molar-refractivity contribution is 7.51. The van der Waals surface area contributed by atoms with E-state index in [1.165, 1.54) is 25.9 Å². The summed E-state index contributed by atoms with van der Waals surface area (Å²) in [6, 6.07) is 0. The Morgan fingerprint density at radius 3 is 1.80 bits per heavy atom. The highest BCUT2D eigenvalue weighted by Crippen LogP contribution is 2.43. The van der Waals surface area contributed by atoms with E-state index in [9.17, 15) is 9.46 Å². The van der Waals surface area contributed by atoms with Crippen molar-refractivity contribution in [1.29, 1.82) is 0 Å². The van der Waals surface area contributed by atoms with Crippen LogP contribution >= 0.6 is 7.60 Å². The van der Waals surface area contributed by atoms with Crippen LogP contribution in [-0.4, -0.2) is 42.1 Å². The molecule has 1 atom stereocenters. The zero-order valence-corrected chi connectivity index (χ0v) is 17.9. The molecule has 0 aliphatic rings. The fourth-order valence-electron chi connectivity index (χ4n) is 3.01. The number of hydrogen-bond donors (Lipinski definition) is 2. The van der Waals surface area contributed by atoms with Gasteiger partial charge in [-0.25, -0.2) is 0 Å². The first kappa shape index (κ1) is 25.1. The van der Waals surface area contributed by atoms with Gasteiger partial charge in [0, 0.05) is 26.5 Å². The lowest BCUT2D eigenvalue weighted by Crippen LogP contribution is -2.22. The Labute approximate surface area is 155 Å². The van der Waals surface area contributed by atoms with Crippen LogP contribution in [0.4, 0.5) is 0 Å². The van der Waals surface area contributed by atoms with E-state index in [2.05, 4.69) is 13.8 Å². The number of ether oxygens (including phenoxy) is 1. The van der Waals surface area contributed by atoms with Crippen molar-refractivity contribution < 1.29 is 23.8 Å². The van der Waals surface area contributed by atoms with Crippen molar-refractivity contribution in [1.82, 2.24) is 0 Å². The molecule has 0 saturated heterocycles. The van der Waals surface area contributed by atoms with Crippen molar-refractivity contribution in [3.63, 3.8) is 0 Å². The summed E-state index contributed by atoms with van der Waals surface area (Å²) in [6.07, 6.45) is 9.25. The molecule has 1 unspecified atom stereocenters. The summed E-state index contributed by atoms with van der Waals surface area (Å²) in [4.78, 5) is 9.29. The summed E-state index contributed by atoms with van der Waals surface area (Å²) in [5.41, 5.74) is -0.215. The van der Waals surface area contributed by atoms with Gasteiger partial charge in [-0.2, -0.15) is 0 Å². The van der Waals surface area contributed by atoms with Gasteiger partial charge in [-0.1, -0.05) is 26.7 Å². The van der Waals surface area contributed by atoms with Crippen molar-refractivity contribution >= 4 is 7.60 Å². The molecule has 0 fully saturated rings.